The van der Waals surface area contributed by atoms with Gasteiger partial charge in [0.2, 0.25) is 0 Å². The molecule has 4 N–H and O–H groups in total. The quantitative estimate of drug-likeness (QED) is 0.408. The van der Waals surface area contributed by atoms with E-state index in [1.165, 1.54) is 6.92 Å². The van der Waals surface area contributed by atoms with Crippen LogP contribution in [0.3, 0.4) is 0 Å². The normalized spacial score (nSPS) is 43.7. The third-order valence-corrected chi connectivity index (χ3v) is 11.7. The fourth-order valence-electron chi connectivity index (χ4n) is 9.13. The van der Waals surface area contributed by atoms with Crippen molar-refractivity contribution in [2.75, 3.05) is 0 Å². The summed E-state index contributed by atoms with van der Waals surface area (Å²) in [6.45, 7) is 12.7. The van der Waals surface area contributed by atoms with E-state index in [1.807, 2.05) is 27.7 Å². The molecule has 0 unspecified atom stereocenters. The number of carboxylic acids is 1. The lowest BCUT2D eigenvalue weighted by molar-refractivity contribution is -0.159. The average molecular weight is 533 g/mol. The maximum absolute atomic E-state index is 14.1. The Morgan fingerprint density at radius 2 is 1.61 bits per heavy atom. The zero-order valence-corrected chi connectivity index (χ0v) is 23.7. The van der Waals surface area contributed by atoms with Crippen LogP contribution in [0.4, 0.5) is 0 Å². The van der Waals surface area contributed by atoms with Gasteiger partial charge in [-0.15, -0.1) is 0 Å². The summed E-state index contributed by atoms with van der Waals surface area (Å²) in [6, 6.07) is 0. The SMILES string of the molecule is C[C@H](CC(=O)C[C@@H](C)[C@H]1CC(=O)[C@@]2(C)C3=C(C(=O)[C@@H](O)[C@]12C)[C@@]1(C)CC[C@H](O)C(C)(C)[C@@H]1C[C@@H]3O)C(=O)O. The second-order valence-electron chi connectivity index (χ2n) is 14.0. The van der Waals surface area contributed by atoms with Crippen LogP contribution in [0.5, 0.6) is 0 Å². The van der Waals surface area contributed by atoms with Crippen LogP contribution in [0, 0.1) is 45.3 Å². The van der Waals surface area contributed by atoms with Crippen molar-refractivity contribution in [1.82, 2.24) is 0 Å². The first-order valence-electron chi connectivity index (χ1n) is 14.0. The van der Waals surface area contributed by atoms with Crippen molar-refractivity contribution >= 4 is 23.3 Å². The third-order valence-electron chi connectivity index (χ3n) is 11.7. The van der Waals surface area contributed by atoms with Crippen molar-refractivity contribution in [2.24, 2.45) is 45.3 Å². The molecule has 0 aliphatic heterocycles. The maximum Gasteiger partial charge on any atom is 0.306 e. The molecule has 4 aliphatic carbocycles. The van der Waals surface area contributed by atoms with Crippen LogP contribution in [0.25, 0.3) is 0 Å². The molecular formula is C30H44O8. The number of ketones is 3. The van der Waals surface area contributed by atoms with E-state index in [2.05, 4.69) is 0 Å². The number of aliphatic carboxylic acids is 1. The molecule has 2 saturated carbocycles. The Morgan fingerprint density at radius 3 is 2.18 bits per heavy atom. The highest BCUT2D eigenvalue weighted by molar-refractivity contribution is 6.07. The number of aliphatic hydroxyl groups is 3. The molecule has 0 radical (unpaired) electrons. The summed E-state index contributed by atoms with van der Waals surface area (Å²) in [5.41, 5.74) is -3.00. The molecule has 10 atom stereocenters. The second-order valence-corrected chi connectivity index (χ2v) is 14.0. The van der Waals surface area contributed by atoms with Gasteiger partial charge in [0.25, 0.3) is 0 Å². The second kappa shape index (κ2) is 9.07. The first-order chi connectivity index (χ1) is 17.4. The number of hydrogen-bond acceptors (Lipinski definition) is 7. The molecule has 0 saturated heterocycles. The van der Waals surface area contributed by atoms with Gasteiger partial charge < -0.3 is 20.4 Å². The van der Waals surface area contributed by atoms with Gasteiger partial charge in [0.1, 0.15) is 17.7 Å². The van der Waals surface area contributed by atoms with Gasteiger partial charge in [-0.2, -0.15) is 0 Å². The first kappa shape index (κ1) is 29.1. The zero-order chi connectivity index (χ0) is 28.7. The van der Waals surface area contributed by atoms with Crippen LogP contribution >= 0.6 is 0 Å². The highest BCUT2D eigenvalue weighted by Crippen LogP contribution is 2.70. The van der Waals surface area contributed by atoms with Gasteiger partial charge in [0.15, 0.2) is 5.78 Å². The highest BCUT2D eigenvalue weighted by Gasteiger charge is 2.73. The molecule has 8 heteroatoms. The number of fused-ring (bicyclic) bond motifs is 4. The molecule has 8 nitrogen and oxygen atoms in total. The van der Waals surface area contributed by atoms with Gasteiger partial charge in [-0.3, -0.25) is 19.2 Å². The maximum atomic E-state index is 14.1. The number of rotatable bonds is 6. The molecule has 0 spiro atoms. The molecule has 0 aromatic carbocycles. The van der Waals surface area contributed by atoms with Crippen molar-refractivity contribution in [3.63, 3.8) is 0 Å². The average Bonchev–Trinajstić information content (AvgIpc) is 3.03. The van der Waals surface area contributed by atoms with Crippen molar-refractivity contribution in [2.45, 2.75) is 105 Å². The van der Waals surface area contributed by atoms with Crippen molar-refractivity contribution < 1.29 is 39.6 Å². The minimum atomic E-state index is -1.49. The van der Waals surface area contributed by atoms with E-state index in [4.69, 9.17) is 0 Å². The van der Waals surface area contributed by atoms with Crippen molar-refractivity contribution in [3.8, 4) is 0 Å². The Morgan fingerprint density at radius 1 is 1.00 bits per heavy atom. The minimum absolute atomic E-state index is 0.0441. The summed E-state index contributed by atoms with van der Waals surface area (Å²) < 4.78 is 0. The smallest absolute Gasteiger partial charge is 0.306 e. The molecule has 0 aromatic rings. The number of carboxylic acid groups (broad SMARTS) is 1. The monoisotopic (exact) mass is 532 g/mol. The molecule has 0 heterocycles. The Hall–Kier alpha value is -1.90. The van der Waals surface area contributed by atoms with Crippen LogP contribution in [-0.4, -0.2) is 62.1 Å². The first-order valence-corrected chi connectivity index (χ1v) is 14.0. The van der Waals surface area contributed by atoms with E-state index in [0.717, 1.165) is 0 Å². The lowest BCUT2D eigenvalue weighted by Crippen LogP contribution is -2.64. The summed E-state index contributed by atoms with van der Waals surface area (Å²) in [7, 11) is 0. The fourth-order valence-corrected chi connectivity index (χ4v) is 9.13. The molecule has 0 aromatic heterocycles. The lowest BCUT2D eigenvalue weighted by Gasteiger charge is -2.62. The molecule has 4 rings (SSSR count). The predicted molar refractivity (Wildman–Crippen MR) is 139 cm³/mol. The summed E-state index contributed by atoms with van der Waals surface area (Å²) >= 11 is 0. The van der Waals surface area contributed by atoms with E-state index < -0.39 is 63.6 Å². The molecule has 4 aliphatic rings. The van der Waals surface area contributed by atoms with Crippen LogP contribution in [0.2, 0.25) is 0 Å². The van der Waals surface area contributed by atoms with Crippen LogP contribution in [-0.2, 0) is 19.2 Å². The molecule has 212 valence electrons. The molecule has 2 fully saturated rings. The van der Waals surface area contributed by atoms with E-state index in [0.29, 0.717) is 30.4 Å². The van der Waals surface area contributed by atoms with Gasteiger partial charge >= 0.3 is 5.97 Å². The topological polar surface area (TPSA) is 149 Å². The van der Waals surface area contributed by atoms with Gasteiger partial charge in [-0.25, -0.2) is 0 Å². The number of hydrogen-bond donors (Lipinski definition) is 4. The van der Waals surface area contributed by atoms with Gasteiger partial charge in [-0.05, 0) is 60.3 Å². The van der Waals surface area contributed by atoms with Gasteiger partial charge in [-0.1, -0.05) is 41.5 Å². The third kappa shape index (κ3) is 3.66. The number of carbonyl (C=O) groups excluding carboxylic acids is 3. The summed E-state index contributed by atoms with van der Waals surface area (Å²) in [5, 5.41) is 43.3. The zero-order valence-electron chi connectivity index (χ0n) is 23.7. The molecule has 0 amide bonds. The Labute approximate surface area is 224 Å². The van der Waals surface area contributed by atoms with Crippen molar-refractivity contribution in [1.29, 1.82) is 0 Å². The van der Waals surface area contributed by atoms with E-state index in [1.54, 1.807) is 13.8 Å². The molecule has 0 bridgehead atoms. The Bertz CT molecular complexity index is 1110. The lowest BCUT2D eigenvalue weighted by atomic mass is 9.42. The minimum Gasteiger partial charge on any atom is -0.481 e. The Kier molecular flexibility index (Phi) is 6.94. The highest BCUT2D eigenvalue weighted by atomic mass is 16.4. The summed E-state index contributed by atoms with van der Waals surface area (Å²) in [5.74, 6) is -3.81. The van der Waals surface area contributed by atoms with Crippen molar-refractivity contribution in [3.05, 3.63) is 11.1 Å². The van der Waals surface area contributed by atoms with Crippen LogP contribution in [0.1, 0.15) is 87.0 Å². The molecule has 38 heavy (non-hydrogen) atoms. The predicted octanol–water partition coefficient (Wildman–Crippen LogP) is 3.10. The summed E-state index contributed by atoms with van der Waals surface area (Å²) in [6.07, 6.45) is -1.84. The number of carbonyl (C=O) groups is 4. The standard InChI is InChI=1S/C30H44O8/c1-14(10-16(31)11-15(2)26(37)38)17-12-21(34)30(7)22-18(32)13-19-27(3,4)20(33)8-9-28(19,5)23(22)24(35)25(36)29(17,30)6/h14-15,17-20,25,32-33,36H,8-13H2,1-7H3,(H,37,38)/t14-,15-,17-,18+,19+,20+,25-,28+,29+,30+/m1/s1. The van der Waals surface area contributed by atoms with Gasteiger partial charge in [0, 0.05) is 30.3 Å². The molecular weight excluding hydrogens is 488 g/mol. The van der Waals surface area contributed by atoms with Crippen LogP contribution < -0.4 is 0 Å². The Balaban J connectivity index is 1.79. The largest absolute Gasteiger partial charge is 0.481 e. The number of Topliss-reactive ketones (excluding diaryl/α,β-unsaturated/α-hetero) is 3. The van der Waals surface area contributed by atoms with Crippen LogP contribution in [0.15, 0.2) is 11.1 Å². The fraction of sp³-hybridized carbons (Fsp3) is 0.800. The van der Waals surface area contributed by atoms with Gasteiger partial charge in [0.05, 0.1) is 23.5 Å². The number of aliphatic hydroxyl groups excluding tert-OH is 3. The summed E-state index contributed by atoms with van der Waals surface area (Å²) in [4.78, 5) is 52.0. The van der Waals surface area contributed by atoms with E-state index >= 15 is 0 Å². The van der Waals surface area contributed by atoms with E-state index in [9.17, 15) is 39.6 Å². The van der Waals surface area contributed by atoms with E-state index in [-0.39, 0.29) is 42.7 Å².